The van der Waals surface area contributed by atoms with Gasteiger partial charge in [-0.25, -0.2) is 4.18 Å². The Morgan fingerprint density at radius 3 is 1.05 bits per heavy atom. The molecule has 5 heterocycles. The van der Waals surface area contributed by atoms with Crippen molar-refractivity contribution in [2.45, 2.75) is 154 Å². The minimum absolute atomic E-state index is 0.821. The van der Waals surface area contributed by atoms with Crippen LogP contribution >= 0.6 is 0 Å². The van der Waals surface area contributed by atoms with Crippen LogP contribution in [-0.2, 0) is 57.2 Å². The summed E-state index contributed by atoms with van der Waals surface area (Å²) in [6.07, 6.45) is -49.5. The van der Waals surface area contributed by atoms with Crippen LogP contribution in [0.3, 0.4) is 0 Å². The SMILES string of the molecule is O=S(=O)(O)OC[C@H]1O[C@H](O[C@@H]2[C@H](O)[C@@H](O[C@@H]3[C@H](O)[C@@H](O[C@@H]4[C@H](O)[C@@H](O[C@H]5[C@@H](O)[C@H](O)[C@@H](CO)O[C@@H]5O)O[C@H](CO)[C@H]4O)O[C@H](CO)[C@H]3O)O[C@H](CO)[C@H]2O)[C@@H](O)[C@@H](O)[C@@H]1O. The molecule has 0 aromatic heterocycles. The number of hydrogen-bond acceptors (Lipinski definition) is 28. The first kappa shape index (κ1) is 49.9. The van der Waals surface area contributed by atoms with E-state index in [1.165, 1.54) is 0 Å². The highest BCUT2D eigenvalue weighted by molar-refractivity contribution is 7.80. The molecule has 0 unspecified atom stereocenters. The first-order chi connectivity index (χ1) is 28.2. The summed E-state index contributed by atoms with van der Waals surface area (Å²) in [5.74, 6) is 0. The molecule has 29 nitrogen and oxygen atoms in total. The van der Waals surface area contributed by atoms with Crippen LogP contribution < -0.4 is 0 Å². The lowest BCUT2D eigenvalue weighted by Crippen LogP contribution is -2.68. The molecule has 0 aliphatic carbocycles. The van der Waals surface area contributed by atoms with E-state index in [4.69, 9.17) is 47.2 Å². The molecule has 0 bridgehead atoms. The van der Waals surface area contributed by atoms with Crippen molar-refractivity contribution in [2.75, 3.05) is 33.0 Å². The quantitative estimate of drug-likeness (QED) is 0.0678. The largest absolute Gasteiger partial charge is 0.397 e. The maximum Gasteiger partial charge on any atom is 0.397 e. The summed E-state index contributed by atoms with van der Waals surface area (Å²) in [5.41, 5.74) is 0. The standard InChI is InChI=1S/C30H52O29S/c31-1-6-11(35)17(41)25(26(46)51-6)59-30-21(45)24(15(39)9(4-34)54-30)58-29-20(44)23(14(38)8(3-33)53-29)57-28-19(43)22(13(37)7(2-32)52-28)56-27-18(42)16(40)12(36)10(55-27)5-50-60(47,48)49/h6-46H,1-5H2,(H,47,48,49)/t6-,7-,8-,9-,10-,11-,12-,13-,14-,15-,16+,17+,18+,19+,20+,21+,22+,23+,24+,25+,26+,27-,28-,29-,30-/m1/s1. The molecular formula is C30H52O29S. The van der Waals surface area contributed by atoms with Crippen molar-refractivity contribution in [3.63, 3.8) is 0 Å². The van der Waals surface area contributed by atoms with Crippen LogP contribution in [0.5, 0.6) is 0 Å². The summed E-state index contributed by atoms with van der Waals surface area (Å²) in [6, 6.07) is 0. The van der Waals surface area contributed by atoms with E-state index in [0.717, 1.165) is 0 Å². The number of rotatable bonds is 15. The Bertz CT molecular complexity index is 1450. The summed E-state index contributed by atoms with van der Waals surface area (Å²) in [5, 5.41) is 168. The van der Waals surface area contributed by atoms with Crippen LogP contribution in [0.2, 0.25) is 0 Å². The van der Waals surface area contributed by atoms with Crippen molar-refractivity contribution >= 4 is 10.4 Å². The Morgan fingerprint density at radius 2 is 0.683 bits per heavy atom. The second-order valence-electron chi connectivity index (χ2n) is 14.5. The van der Waals surface area contributed by atoms with E-state index in [9.17, 15) is 90.1 Å². The van der Waals surface area contributed by atoms with Crippen LogP contribution in [0.4, 0.5) is 0 Å². The van der Waals surface area contributed by atoms with Gasteiger partial charge in [-0.15, -0.1) is 0 Å². The first-order valence-corrected chi connectivity index (χ1v) is 19.7. The molecule has 0 aromatic carbocycles. The van der Waals surface area contributed by atoms with Gasteiger partial charge in [-0.05, 0) is 0 Å². The number of aliphatic hydroxyl groups is 16. The smallest absolute Gasteiger partial charge is 0.394 e. The van der Waals surface area contributed by atoms with Crippen molar-refractivity contribution in [3.05, 3.63) is 0 Å². The third-order valence-electron chi connectivity index (χ3n) is 10.5. The fourth-order valence-electron chi connectivity index (χ4n) is 7.14. The molecule has 30 heteroatoms. The molecule has 5 aliphatic rings. The van der Waals surface area contributed by atoms with Gasteiger partial charge in [-0.3, -0.25) is 4.55 Å². The summed E-state index contributed by atoms with van der Waals surface area (Å²) < 4.78 is 84.0. The highest BCUT2D eigenvalue weighted by Crippen LogP contribution is 2.35. The van der Waals surface area contributed by atoms with E-state index in [1.54, 1.807) is 0 Å². The van der Waals surface area contributed by atoms with Gasteiger partial charge in [0, 0.05) is 0 Å². The van der Waals surface area contributed by atoms with Crippen molar-refractivity contribution < 1.29 is 141 Å². The zero-order valence-corrected chi connectivity index (χ0v) is 31.7. The average molecular weight is 909 g/mol. The zero-order valence-electron chi connectivity index (χ0n) is 30.9. The second kappa shape index (κ2) is 20.8. The molecule has 0 radical (unpaired) electrons. The van der Waals surface area contributed by atoms with E-state index in [0.29, 0.717) is 0 Å². The minimum atomic E-state index is -5.10. The lowest BCUT2D eigenvalue weighted by molar-refractivity contribution is -0.396. The number of aliphatic hydroxyl groups excluding tert-OH is 16. The average Bonchev–Trinajstić information content (AvgIpc) is 3.20. The van der Waals surface area contributed by atoms with E-state index in [-0.39, 0.29) is 0 Å². The Hall–Kier alpha value is -1.13. The van der Waals surface area contributed by atoms with Crippen LogP contribution in [0.15, 0.2) is 0 Å². The lowest BCUT2D eigenvalue weighted by atomic mass is 9.95. The Morgan fingerprint density at radius 1 is 0.367 bits per heavy atom. The number of hydrogen-bond donors (Lipinski definition) is 17. The molecular weight excluding hydrogens is 856 g/mol. The third-order valence-corrected chi connectivity index (χ3v) is 11.0. The summed E-state index contributed by atoms with van der Waals surface area (Å²) in [4.78, 5) is 0. The lowest BCUT2D eigenvalue weighted by Gasteiger charge is -2.49. The van der Waals surface area contributed by atoms with Gasteiger partial charge in [0.05, 0.1) is 33.0 Å². The predicted octanol–water partition coefficient (Wildman–Crippen LogP) is -12.1. The summed E-state index contributed by atoms with van der Waals surface area (Å²) in [7, 11) is -5.10. The van der Waals surface area contributed by atoms with Gasteiger partial charge in [0.25, 0.3) is 0 Å². The Labute approximate surface area is 338 Å². The van der Waals surface area contributed by atoms with Gasteiger partial charge < -0.3 is 124 Å². The molecule has 352 valence electrons. The molecule has 25 atom stereocenters. The molecule has 5 fully saturated rings. The van der Waals surface area contributed by atoms with Crippen LogP contribution in [0.25, 0.3) is 0 Å². The molecule has 0 saturated carbocycles. The minimum Gasteiger partial charge on any atom is -0.394 e. The molecule has 17 N–H and O–H groups in total. The fourth-order valence-corrected chi connectivity index (χ4v) is 7.44. The highest BCUT2D eigenvalue weighted by atomic mass is 32.3. The normalized spacial score (nSPS) is 50.7. The molecule has 5 rings (SSSR count). The van der Waals surface area contributed by atoms with Gasteiger partial charge in [-0.1, -0.05) is 0 Å². The fraction of sp³-hybridized carbons (Fsp3) is 1.00. The van der Waals surface area contributed by atoms with Crippen molar-refractivity contribution in [1.82, 2.24) is 0 Å². The van der Waals surface area contributed by atoms with Gasteiger partial charge in [-0.2, -0.15) is 8.42 Å². The Balaban J connectivity index is 1.33. The Kier molecular flexibility index (Phi) is 17.3. The van der Waals surface area contributed by atoms with Crippen molar-refractivity contribution in [1.29, 1.82) is 0 Å². The molecule has 60 heavy (non-hydrogen) atoms. The van der Waals surface area contributed by atoms with Gasteiger partial charge >= 0.3 is 10.4 Å². The second-order valence-corrected chi connectivity index (χ2v) is 15.6. The van der Waals surface area contributed by atoms with E-state index >= 15 is 0 Å². The summed E-state index contributed by atoms with van der Waals surface area (Å²) >= 11 is 0. The van der Waals surface area contributed by atoms with Crippen LogP contribution in [-0.4, -0.2) is 281 Å². The monoisotopic (exact) mass is 908 g/mol. The van der Waals surface area contributed by atoms with Crippen LogP contribution in [0, 0.1) is 0 Å². The van der Waals surface area contributed by atoms with Gasteiger partial charge in [0.2, 0.25) is 0 Å². The third kappa shape index (κ3) is 10.7. The van der Waals surface area contributed by atoms with Gasteiger partial charge in [0.1, 0.15) is 122 Å². The van der Waals surface area contributed by atoms with Crippen LogP contribution in [0.1, 0.15) is 0 Å². The maximum atomic E-state index is 11.4. The highest BCUT2D eigenvalue weighted by Gasteiger charge is 2.56. The van der Waals surface area contributed by atoms with E-state index < -0.39 is 197 Å². The maximum absolute atomic E-state index is 11.4. The molecule has 0 spiro atoms. The zero-order chi connectivity index (χ0) is 44.5. The molecule has 0 aromatic rings. The topological polar surface area (TPSA) is 470 Å². The molecule has 5 aliphatic heterocycles. The first-order valence-electron chi connectivity index (χ1n) is 18.3. The predicted molar refractivity (Wildman–Crippen MR) is 177 cm³/mol. The van der Waals surface area contributed by atoms with Crippen molar-refractivity contribution in [3.8, 4) is 0 Å². The molecule has 0 amide bonds. The molecule has 5 saturated heterocycles. The summed E-state index contributed by atoms with van der Waals surface area (Å²) in [6.45, 7) is -4.99. The van der Waals surface area contributed by atoms with Crippen molar-refractivity contribution in [2.24, 2.45) is 0 Å². The van der Waals surface area contributed by atoms with E-state index in [1.807, 2.05) is 0 Å². The van der Waals surface area contributed by atoms with Gasteiger partial charge in [0.15, 0.2) is 31.5 Å². The number of ether oxygens (including phenoxy) is 9. The van der Waals surface area contributed by atoms with E-state index in [2.05, 4.69) is 4.18 Å².